The molecule has 0 fully saturated rings. The van der Waals surface area contributed by atoms with Crippen LogP contribution in [0.5, 0.6) is 0 Å². The second kappa shape index (κ2) is 7.67. The minimum absolute atomic E-state index is 0.150. The van der Waals surface area contributed by atoms with Crippen molar-refractivity contribution in [3.05, 3.63) is 69.2 Å². The number of carbonyl (C=O) groups is 2. The molecule has 0 bridgehead atoms. The van der Waals surface area contributed by atoms with Crippen LogP contribution in [0.4, 0.5) is 5.69 Å². The number of hydrogen-bond acceptors (Lipinski definition) is 4. The van der Waals surface area contributed by atoms with Crippen molar-refractivity contribution >= 4 is 51.7 Å². The van der Waals surface area contributed by atoms with Gasteiger partial charge in [-0.2, -0.15) is 0 Å². The number of aliphatic carboxylic acids is 1. The molecule has 0 radical (unpaired) electrons. The molecule has 31 heavy (non-hydrogen) atoms. The number of aromatic nitrogens is 2. The molecular formula is C23H20ClN3O4. The molecule has 2 heterocycles. The number of allylic oxidation sites excluding steroid dienone is 1. The number of anilines is 1. The Bertz CT molecular complexity index is 1310. The Kier molecular flexibility index (Phi) is 5.15. The van der Waals surface area contributed by atoms with Crippen molar-refractivity contribution in [2.24, 2.45) is 5.41 Å². The van der Waals surface area contributed by atoms with Crippen molar-refractivity contribution in [1.29, 1.82) is 0 Å². The number of rotatable bonds is 4. The van der Waals surface area contributed by atoms with Crippen molar-refractivity contribution in [2.75, 3.05) is 5.32 Å². The summed E-state index contributed by atoms with van der Waals surface area (Å²) >= 11 is 5.95. The molecule has 0 saturated heterocycles. The summed E-state index contributed by atoms with van der Waals surface area (Å²) in [6, 6.07) is 12.2. The second-order valence-electron chi connectivity index (χ2n) is 7.98. The highest BCUT2D eigenvalue weighted by atomic mass is 35.5. The van der Waals surface area contributed by atoms with Crippen molar-refractivity contribution in [3.8, 4) is 0 Å². The third-order valence-electron chi connectivity index (χ3n) is 5.42. The van der Waals surface area contributed by atoms with Gasteiger partial charge in [-0.3, -0.25) is 19.0 Å². The fourth-order valence-electron chi connectivity index (χ4n) is 3.38. The maximum Gasteiger partial charge on any atom is 0.318 e. The van der Waals surface area contributed by atoms with Gasteiger partial charge in [-0.25, -0.2) is 4.98 Å². The maximum absolute atomic E-state index is 13.0. The van der Waals surface area contributed by atoms with Crippen LogP contribution in [0, 0.1) is 5.41 Å². The SMILES string of the molecule is CC(C)(C(=O)O)C(=O)Nc1ccc2c(=O)n3c(nc2c1)/C(=C/c1ccc(Cl)cc1)CC3. The van der Waals surface area contributed by atoms with Crippen LogP contribution < -0.4 is 10.9 Å². The second-order valence-corrected chi connectivity index (χ2v) is 8.42. The molecule has 2 N–H and O–H groups in total. The Hall–Kier alpha value is -3.45. The molecule has 1 aliphatic heterocycles. The molecule has 1 aliphatic rings. The van der Waals surface area contributed by atoms with Crippen molar-refractivity contribution in [3.63, 3.8) is 0 Å². The normalized spacial score (nSPS) is 14.6. The summed E-state index contributed by atoms with van der Waals surface area (Å²) in [6.45, 7) is 3.20. The maximum atomic E-state index is 13.0. The van der Waals surface area contributed by atoms with Crippen LogP contribution in [0.25, 0.3) is 22.6 Å². The topological polar surface area (TPSA) is 101 Å². The van der Waals surface area contributed by atoms with E-state index in [0.717, 1.165) is 11.1 Å². The van der Waals surface area contributed by atoms with Crippen molar-refractivity contribution in [1.82, 2.24) is 9.55 Å². The molecule has 1 aromatic heterocycles. The molecule has 0 aliphatic carbocycles. The van der Waals surface area contributed by atoms with E-state index in [1.54, 1.807) is 34.9 Å². The number of amides is 1. The summed E-state index contributed by atoms with van der Waals surface area (Å²) < 4.78 is 1.65. The third kappa shape index (κ3) is 3.84. The van der Waals surface area contributed by atoms with Crippen LogP contribution in [-0.4, -0.2) is 26.5 Å². The van der Waals surface area contributed by atoms with Gasteiger partial charge in [-0.05, 0) is 67.8 Å². The van der Waals surface area contributed by atoms with E-state index in [4.69, 9.17) is 11.6 Å². The number of carbonyl (C=O) groups excluding carboxylic acids is 1. The minimum Gasteiger partial charge on any atom is -0.480 e. The summed E-state index contributed by atoms with van der Waals surface area (Å²) in [4.78, 5) is 41.3. The van der Waals surface area contributed by atoms with Gasteiger partial charge in [0.1, 0.15) is 11.2 Å². The lowest BCUT2D eigenvalue weighted by Gasteiger charge is -2.18. The number of benzene rings is 2. The fourth-order valence-corrected chi connectivity index (χ4v) is 3.50. The molecule has 7 nitrogen and oxygen atoms in total. The highest BCUT2D eigenvalue weighted by Gasteiger charge is 2.36. The summed E-state index contributed by atoms with van der Waals surface area (Å²) in [5.74, 6) is -1.29. The molecule has 2 aromatic carbocycles. The zero-order valence-electron chi connectivity index (χ0n) is 17.0. The molecule has 0 unspecified atom stereocenters. The van der Waals surface area contributed by atoms with Crippen molar-refractivity contribution in [2.45, 2.75) is 26.8 Å². The number of hydrogen-bond donors (Lipinski definition) is 2. The molecule has 4 rings (SSSR count). The van der Waals surface area contributed by atoms with Crippen molar-refractivity contribution < 1.29 is 14.7 Å². The van der Waals surface area contributed by atoms with E-state index in [1.807, 2.05) is 18.2 Å². The van der Waals surface area contributed by atoms with Crippen LogP contribution in [0.15, 0.2) is 47.3 Å². The Balaban J connectivity index is 1.73. The van der Waals surface area contributed by atoms with E-state index in [0.29, 0.717) is 40.4 Å². The molecule has 158 valence electrons. The Labute approximate surface area is 183 Å². The summed E-state index contributed by atoms with van der Waals surface area (Å²) in [6.07, 6.45) is 2.66. The van der Waals surface area contributed by atoms with Gasteiger partial charge < -0.3 is 10.4 Å². The average Bonchev–Trinajstić information content (AvgIpc) is 3.12. The summed E-state index contributed by atoms with van der Waals surface area (Å²) in [5.41, 5.74) is 0.968. The quantitative estimate of drug-likeness (QED) is 0.600. The van der Waals surface area contributed by atoms with Gasteiger partial charge in [0.2, 0.25) is 5.91 Å². The highest BCUT2D eigenvalue weighted by Crippen LogP contribution is 2.29. The Morgan fingerprint density at radius 3 is 2.58 bits per heavy atom. The first-order chi connectivity index (χ1) is 14.7. The van der Waals surface area contributed by atoms with E-state index < -0.39 is 17.3 Å². The Morgan fingerprint density at radius 1 is 1.19 bits per heavy atom. The van der Waals surface area contributed by atoms with E-state index in [1.165, 1.54) is 13.8 Å². The largest absolute Gasteiger partial charge is 0.480 e. The first-order valence-electron chi connectivity index (χ1n) is 9.73. The van der Waals surface area contributed by atoms with Crippen LogP contribution in [0.2, 0.25) is 5.02 Å². The van der Waals surface area contributed by atoms with Crippen LogP contribution >= 0.6 is 11.6 Å². The number of carboxylic acid groups (broad SMARTS) is 1. The standard InChI is InChI=1S/C23H20ClN3O4/c1-23(2,22(30)31)21(29)25-16-7-8-17-18(12-16)26-19-14(9-10-27(19)20(17)28)11-13-3-5-15(24)6-4-13/h3-8,11-12H,9-10H2,1-2H3,(H,25,29)(H,30,31)/b14-11+. The predicted molar refractivity (Wildman–Crippen MR) is 120 cm³/mol. The van der Waals surface area contributed by atoms with Crippen LogP contribution in [-0.2, 0) is 16.1 Å². The van der Waals surface area contributed by atoms with Gasteiger partial charge in [0, 0.05) is 17.3 Å². The fraction of sp³-hybridized carbons (Fsp3) is 0.217. The zero-order chi connectivity index (χ0) is 22.3. The lowest BCUT2D eigenvalue weighted by atomic mass is 9.92. The summed E-state index contributed by atoms with van der Waals surface area (Å²) in [5, 5.41) is 12.9. The summed E-state index contributed by atoms with van der Waals surface area (Å²) in [7, 11) is 0. The predicted octanol–water partition coefficient (Wildman–Crippen LogP) is 4.04. The minimum atomic E-state index is -1.59. The molecule has 0 spiro atoms. The molecule has 1 amide bonds. The van der Waals surface area contributed by atoms with E-state index in [9.17, 15) is 19.5 Å². The zero-order valence-corrected chi connectivity index (χ0v) is 17.7. The van der Waals surface area contributed by atoms with Gasteiger partial charge >= 0.3 is 5.97 Å². The average molecular weight is 438 g/mol. The monoisotopic (exact) mass is 437 g/mol. The van der Waals surface area contributed by atoms with E-state index in [-0.39, 0.29) is 5.56 Å². The first kappa shape index (κ1) is 20.8. The van der Waals surface area contributed by atoms with E-state index >= 15 is 0 Å². The van der Waals surface area contributed by atoms with E-state index in [2.05, 4.69) is 10.3 Å². The first-order valence-corrected chi connectivity index (χ1v) is 10.1. The van der Waals surface area contributed by atoms with Gasteiger partial charge in [-0.15, -0.1) is 0 Å². The molecule has 8 heteroatoms. The lowest BCUT2D eigenvalue weighted by Crippen LogP contribution is -2.37. The highest BCUT2D eigenvalue weighted by molar-refractivity contribution is 6.30. The lowest BCUT2D eigenvalue weighted by molar-refractivity contribution is -0.151. The van der Waals surface area contributed by atoms with Crippen LogP contribution in [0.1, 0.15) is 31.7 Å². The molecule has 0 atom stereocenters. The van der Waals surface area contributed by atoms with Gasteiger partial charge in [0.05, 0.1) is 10.9 Å². The number of halogens is 1. The van der Waals surface area contributed by atoms with Gasteiger partial charge in [0.25, 0.3) is 5.56 Å². The third-order valence-corrected chi connectivity index (χ3v) is 5.67. The number of carboxylic acids is 1. The van der Waals surface area contributed by atoms with Crippen LogP contribution in [0.3, 0.4) is 0 Å². The number of nitrogens with one attached hydrogen (secondary N) is 1. The molecule has 0 saturated carbocycles. The molecule has 3 aromatic rings. The number of fused-ring (bicyclic) bond motifs is 2. The van der Waals surface area contributed by atoms with Gasteiger partial charge in [0.15, 0.2) is 0 Å². The molecular weight excluding hydrogens is 418 g/mol. The number of nitrogens with zero attached hydrogens (tertiary/aromatic N) is 2. The van der Waals surface area contributed by atoms with Gasteiger partial charge in [-0.1, -0.05) is 23.7 Å². The Morgan fingerprint density at radius 2 is 1.90 bits per heavy atom. The smallest absolute Gasteiger partial charge is 0.318 e.